The fourth-order valence-electron chi connectivity index (χ4n) is 1.89. The number of hydrogen-bond donors (Lipinski definition) is 2. The van der Waals surface area contributed by atoms with Crippen LogP contribution in [0.5, 0.6) is 0 Å². The van der Waals surface area contributed by atoms with Gasteiger partial charge in [0.15, 0.2) is 8.68 Å². The molecule has 0 radical (unpaired) electrons. The van der Waals surface area contributed by atoms with Crippen molar-refractivity contribution in [2.45, 2.75) is 48.8 Å². The van der Waals surface area contributed by atoms with Gasteiger partial charge in [-0.25, -0.2) is 0 Å². The number of aromatic nitrogens is 2. The number of carbonyl (C=O) groups is 3. The van der Waals surface area contributed by atoms with Crippen molar-refractivity contribution in [3.05, 3.63) is 0 Å². The summed E-state index contributed by atoms with van der Waals surface area (Å²) in [6, 6.07) is 0.0436. The van der Waals surface area contributed by atoms with Gasteiger partial charge in [-0.05, 0) is 27.2 Å². The first-order valence-corrected chi connectivity index (χ1v) is 11.6. The van der Waals surface area contributed by atoms with E-state index < -0.39 is 0 Å². The van der Waals surface area contributed by atoms with Crippen LogP contribution in [0.2, 0.25) is 0 Å². The molecule has 0 saturated carbocycles. The Morgan fingerprint density at radius 2 is 1.70 bits per heavy atom. The third-order valence-corrected chi connectivity index (χ3v) is 6.30. The van der Waals surface area contributed by atoms with Gasteiger partial charge in [-0.15, -0.1) is 10.2 Å². The normalized spacial score (nSPS) is 10.7. The quantitative estimate of drug-likeness (QED) is 0.483. The molecule has 0 aliphatic rings. The first-order valence-electron chi connectivity index (χ1n) is 8.78. The van der Waals surface area contributed by atoms with Crippen LogP contribution < -0.4 is 10.6 Å². The second kappa shape index (κ2) is 12.9. The number of nitrogens with zero attached hydrogens (tertiary/aromatic N) is 3. The third-order valence-electron chi connectivity index (χ3n) is 3.12. The molecule has 8 nitrogen and oxygen atoms in total. The average molecular weight is 434 g/mol. The SMILES string of the molecule is CCCNC(=O)CSc1nnc(SCC(=O)N(CC)CC(=O)NC(C)C)s1. The number of carbonyl (C=O) groups excluding carboxylic acids is 3. The molecular formula is C16H27N5O3S3. The Morgan fingerprint density at radius 1 is 1.07 bits per heavy atom. The maximum absolute atomic E-state index is 12.3. The van der Waals surface area contributed by atoms with Crippen molar-refractivity contribution < 1.29 is 14.4 Å². The van der Waals surface area contributed by atoms with Crippen molar-refractivity contribution in [3.63, 3.8) is 0 Å². The smallest absolute Gasteiger partial charge is 0.239 e. The molecule has 0 saturated heterocycles. The van der Waals surface area contributed by atoms with Crippen molar-refractivity contribution in [1.29, 1.82) is 0 Å². The molecule has 1 aromatic rings. The Labute approximate surface area is 172 Å². The number of amides is 3. The van der Waals surface area contributed by atoms with Crippen molar-refractivity contribution >= 4 is 52.6 Å². The van der Waals surface area contributed by atoms with Gasteiger partial charge in [0.25, 0.3) is 0 Å². The summed E-state index contributed by atoms with van der Waals surface area (Å²) in [5, 5.41) is 13.7. The van der Waals surface area contributed by atoms with Crippen LogP contribution >= 0.6 is 34.9 Å². The van der Waals surface area contributed by atoms with Crippen LogP contribution in [0.15, 0.2) is 8.68 Å². The lowest BCUT2D eigenvalue weighted by molar-refractivity contribution is -0.134. The summed E-state index contributed by atoms with van der Waals surface area (Å²) in [5.74, 6) is 0.178. The highest BCUT2D eigenvalue weighted by molar-refractivity contribution is 8.03. The van der Waals surface area contributed by atoms with E-state index >= 15 is 0 Å². The highest BCUT2D eigenvalue weighted by Gasteiger charge is 2.17. The molecule has 0 aromatic carbocycles. The largest absolute Gasteiger partial charge is 0.355 e. The zero-order valence-corrected chi connectivity index (χ0v) is 18.6. The van der Waals surface area contributed by atoms with Gasteiger partial charge in [0.05, 0.1) is 18.1 Å². The molecule has 0 fully saturated rings. The van der Waals surface area contributed by atoms with Crippen molar-refractivity contribution in [1.82, 2.24) is 25.7 Å². The van der Waals surface area contributed by atoms with Crippen LogP contribution in [0.1, 0.15) is 34.1 Å². The Bertz CT molecular complexity index is 624. The van der Waals surface area contributed by atoms with E-state index in [1.807, 2.05) is 27.7 Å². The van der Waals surface area contributed by atoms with Crippen LogP contribution in [0.3, 0.4) is 0 Å². The summed E-state index contributed by atoms with van der Waals surface area (Å²) in [5.41, 5.74) is 0. The fourth-order valence-corrected chi connectivity index (χ4v) is 4.64. The molecule has 1 heterocycles. The zero-order chi connectivity index (χ0) is 20.2. The van der Waals surface area contributed by atoms with Gasteiger partial charge in [-0.1, -0.05) is 41.8 Å². The van der Waals surface area contributed by atoms with Crippen LogP contribution in [-0.2, 0) is 14.4 Å². The topological polar surface area (TPSA) is 104 Å². The Hall–Kier alpha value is -1.33. The monoisotopic (exact) mass is 433 g/mol. The van der Waals surface area contributed by atoms with E-state index in [4.69, 9.17) is 0 Å². The van der Waals surface area contributed by atoms with Crippen molar-refractivity contribution in [2.24, 2.45) is 0 Å². The van der Waals surface area contributed by atoms with Crippen LogP contribution in [0, 0.1) is 0 Å². The maximum Gasteiger partial charge on any atom is 0.239 e. The van der Waals surface area contributed by atoms with Gasteiger partial charge in [0.2, 0.25) is 17.7 Å². The molecule has 3 amide bonds. The molecule has 0 spiro atoms. The second-order valence-electron chi connectivity index (χ2n) is 5.89. The van der Waals surface area contributed by atoms with Gasteiger partial charge in [0, 0.05) is 19.1 Å². The maximum atomic E-state index is 12.3. The number of hydrogen-bond acceptors (Lipinski definition) is 8. The molecule has 0 bridgehead atoms. The zero-order valence-electron chi connectivity index (χ0n) is 16.1. The summed E-state index contributed by atoms with van der Waals surface area (Å²) >= 11 is 3.98. The molecular weight excluding hydrogens is 406 g/mol. The second-order valence-corrected chi connectivity index (χ2v) is 9.31. The average Bonchev–Trinajstić information content (AvgIpc) is 3.08. The van der Waals surface area contributed by atoms with Crippen LogP contribution in [0.4, 0.5) is 0 Å². The highest BCUT2D eigenvalue weighted by atomic mass is 32.2. The van der Waals surface area contributed by atoms with Crippen LogP contribution in [-0.4, -0.2) is 70.0 Å². The Kier molecular flexibility index (Phi) is 11.4. The standard InChI is InChI=1S/C16H27N5O3S3/c1-5-7-17-13(23)9-25-15-19-20-16(27-15)26-10-14(24)21(6-2)8-12(22)18-11(3)4/h11H,5-10H2,1-4H3,(H,17,23)(H,18,22). The number of likely N-dealkylation sites (N-methyl/N-ethyl adjacent to an activating group) is 1. The molecule has 0 aliphatic carbocycles. The molecule has 152 valence electrons. The molecule has 1 rings (SSSR count). The summed E-state index contributed by atoms with van der Waals surface area (Å²) in [6.45, 7) is 8.79. The predicted octanol–water partition coefficient (Wildman–Crippen LogP) is 1.62. The minimum Gasteiger partial charge on any atom is -0.355 e. The molecule has 1 aromatic heterocycles. The molecule has 0 atom stereocenters. The molecule has 11 heteroatoms. The summed E-state index contributed by atoms with van der Waals surface area (Å²) in [6.07, 6.45) is 0.901. The van der Waals surface area contributed by atoms with E-state index in [0.717, 1.165) is 6.42 Å². The lowest BCUT2D eigenvalue weighted by Gasteiger charge is -2.20. The predicted molar refractivity (Wildman–Crippen MR) is 110 cm³/mol. The Morgan fingerprint density at radius 3 is 2.26 bits per heavy atom. The van der Waals surface area contributed by atoms with Crippen molar-refractivity contribution in [3.8, 4) is 0 Å². The summed E-state index contributed by atoms with van der Waals surface area (Å²) < 4.78 is 1.36. The Balaban J connectivity index is 2.41. The first-order chi connectivity index (χ1) is 12.8. The van der Waals surface area contributed by atoms with E-state index in [1.165, 1.54) is 39.8 Å². The minimum atomic E-state index is -0.166. The van der Waals surface area contributed by atoms with Gasteiger partial charge in [-0.2, -0.15) is 0 Å². The minimum absolute atomic E-state index is 0.0281. The fraction of sp³-hybridized carbons (Fsp3) is 0.688. The van der Waals surface area contributed by atoms with Gasteiger partial charge in [0.1, 0.15) is 0 Å². The van der Waals surface area contributed by atoms with Gasteiger partial charge in [-0.3, -0.25) is 14.4 Å². The van der Waals surface area contributed by atoms with Gasteiger partial charge >= 0.3 is 0 Å². The lowest BCUT2D eigenvalue weighted by atomic mass is 10.3. The molecule has 27 heavy (non-hydrogen) atoms. The molecule has 0 unspecified atom stereocenters. The summed E-state index contributed by atoms with van der Waals surface area (Å²) in [4.78, 5) is 37.3. The van der Waals surface area contributed by atoms with E-state index in [-0.39, 0.29) is 36.1 Å². The first kappa shape index (κ1) is 23.7. The van der Waals surface area contributed by atoms with Crippen LogP contribution in [0.25, 0.3) is 0 Å². The summed E-state index contributed by atoms with van der Waals surface area (Å²) in [7, 11) is 0. The highest BCUT2D eigenvalue weighted by Crippen LogP contribution is 2.28. The number of nitrogens with one attached hydrogen (secondary N) is 2. The molecule has 2 N–H and O–H groups in total. The number of thioether (sulfide) groups is 2. The lowest BCUT2D eigenvalue weighted by Crippen LogP contribution is -2.43. The number of rotatable bonds is 12. The van der Waals surface area contributed by atoms with E-state index in [1.54, 1.807) is 0 Å². The van der Waals surface area contributed by atoms with E-state index in [9.17, 15) is 14.4 Å². The van der Waals surface area contributed by atoms with Crippen molar-refractivity contribution in [2.75, 3.05) is 31.1 Å². The van der Waals surface area contributed by atoms with E-state index in [0.29, 0.717) is 27.5 Å². The molecule has 0 aliphatic heterocycles. The third kappa shape index (κ3) is 9.96. The van der Waals surface area contributed by atoms with E-state index in [2.05, 4.69) is 20.8 Å². The van der Waals surface area contributed by atoms with Gasteiger partial charge < -0.3 is 15.5 Å².